The zero-order valence-corrected chi connectivity index (χ0v) is 12.4. The van der Waals surface area contributed by atoms with Crippen molar-refractivity contribution >= 4 is 17.3 Å². The van der Waals surface area contributed by atoms with Crippen LogP contribution in [-0.2, 0) is 17.5 Å². The van der Waals surface area contributed by atoms with E-state index >= 15 is 0 Å². The molecule has 0 aliphatic carbocycles. The smallest absolute Gasteiger partial charge is 0.434 e. The molecule has 1 aromatic carbocycles. The normalized spacial score (nSPS) is 13.3. The maximum atomic E-state index is 12.5. The van der Waals surface area contributed by atoms with Crippen LogP contribution < -0.4 is 0 Å². The van der Waals surface area contributed by atoms with Gasteiger partial charge in [0.2, 0.25) is 0 Å². The average molecular weight is 330 g/mol. The number of rotatable bonds is 5. The van der Waals surface area contributed by atoms with Gasteiger partial charge in [-0.05, 0) is 12.6 Å². The van der Waals surface area contributed by atoms with E-state index in [-0.39, 0.29) is 11.6 Å². The van der Waals surface area contributed by atoms with Crippen LogP contribution in [0.15, 0.2) is 35.7 Å². The van der Waals surface area contributed by atoms with Gasteiger partial charge in [-0.1, -0.05) is 30.3 Å². The molecule has 2 rings (SSSR count). The zero-order valence-electron chi connectivity index (χ0n) is 11.5. The number of alkyl halides is 3. The molecule has 1 heterocycles. The van der Waals surface area contributed by atoms with Crippen LogP contribution in [0, 0.1) is 0 Å². The van der Waals surface area contributed by atoms with E-state index in [0.29, 0.717) is 5.56 Å². The number of hydrogen-bond acceptors (Lipinski definition) is 4. The van der Waals surface area contributed by atoms with Crippen molar-refractivity contribution in [1.29, 1.82) is 0 Å². The highest BCUT2D eigenvalue weighted by Gasteiger charge is 2.34. The predicted octanol–water partition coefficient (Wildman–Crippen LogP) is 3.42. The molecule has 1 unspecified atom stereocenters. The lowest BCUT2D eigenvalue weighted by molar-refractivity contribution is -0.144. The van der Waals surface area contributed by atoms with Crippen molar-refractivity contribution < 1.29 is 23.1 Å². The first-order valence-corrected chi connectivity index (χ1v) is 7.16. The summed E-state index contributed by atoms with van der Waals surface area (Å²) in [6.45, 7) is 0.0204. The van der Waals surface area contributed by atoms with Crippen molar-refractivity contribution in [2.75, 3.05) is 7.05 Å². The number of carboxylic acids is 1. The maximum Gasteiger partial charge on any atom is 0.434 e. The number of hydrogen-bond donors (Lipinski definition) is 1. The molecule has 22 heavy (non-hydrogen) atoms. The standard InChI is InChI=1S/C14H13F3N2O2S/c1-19(7-11-18-10(8-22-11)14(15,16)17)12(13(20)21)9-5-3-2-4-6-9/h2-6,8,12H,7H2,1H3,(H,20,21). The van der Waals surface area contributed by atoms with E-state index in [1.807, 2.05) is 0 Å². The van der Waals surface area contributed by atoms with Crippen molar-refractivity contribution in [2.45, 2.75) is 18.8 Å². The molecule has 1 aromatic heterocycles. The van der Waals surface area contributed by atoms with E-state index in [4.69, 9.17) is 0 Å². The molecule has 2 aromatic rings. The Morgan fingerprint density at radius 3 is 2.50 bits per heavy atom. The van der Waals surface area contributed by atoms with Crippen LogP contribution >= 0.6 is 11.3 Å². The SMILES string of the molecule is CN(Cc1nc(C(F)(F)F)cs1)C(C(=O)O)c1ccccc1. The highest BCUT2D eigenvalue weighted by molar-refractivity contribution is 7.09. The summed E-state index contributed by atoms with van der Waals surface area (Å²) >= 11 is 0.863. The third-order valence-electron chi connectivity index (χ3n) is 3.02. The Morgan fingerprint density at radius 2 is 2.00 bits per heavy atom. The molecule has 0 aliphatic rings. The van der Waals surface area contributed by atoms with Gasteiger partial charge in [-0.2, -0.15) is 13.2 Å². The third-order valence-corrected chi connectivity index (χ3v) is 3.85. The van der Waals surface area contributed by atoms with Gasteiger partial charge in [0.15, 0.2) is 5.69 Å². The number of thiazole rings is 1. The molecular weight excluding hydrogens is 317 g/mol. The van der Waals surface area contributed by atoms with Crippen LogP contribution in [0.1, 0.15) is 22.3 Å². The number of nitrogens with zero attached hydrogens (tertiary/aromatic N) is 2. The number of carboxylic acid groups (broad SMARTS) is 1. The predicted molar refractivity (Wildman–Crippen MR) is 75.4 cm³/mol. The van der Waals surface area contributed by atoms with Gasteiger partial charge in [-0.25, -0.2) is 4.98 Å². The highest BCUT2D eigenvalue weighted by Crippen LogP contribution is 2.31. The summed E-state index contributed by atoms with van der Waals surface area (Å²) in [7, 11) is 1.54. The molecule has 0 aliphatic heterocycles. The summed E-state index contributed by atoms with van der Waals surface area (Å²) in [6, 6.07) is 7.57. The topological polar surface area (TPSA) is 53.4 Å². The van der Waals surface area contributed by atoms with Crippen LogP contribution in [0.2, 0.25) is 0 Å². The van der Waals surface area contributed by atoms with E-state index in [1.165, 1.54) is 4.90 Å². The number of carbonyl (C=O) groups is 1. The fourth-order valence-electron chi connectivity index (χ4n) is 2.04. The van der Waals surface area contributed by atoms with Gasteiger partial charge < -0.3 is 5.11 Å². The molecule has 4 nitrogen and oxygen atoms in total. The van der Waals surface area contributed by atoms with Gasteiger partial charge in [-0.3, -0.25) is 9.69 Å². The van der Waals surface area contributed by atoms with Crippen molar-refractivity contribution in [3.63, 3.8) is 0 Å². The maximum absolute atomic E-state index is 12.5. The van der Waals surface area contributed by atoms with E-state index in [1.54, 1.807) is 37.4 Å². The van der Waals surface area contributed by atoms with Crippen molar-refractivity contribution in [3.8, 4) is 0 Å². The summed E-state index contributed by atoms with van der Waals surface area (Å²) in [4.78, 5) is 16.4. The summed E-state index contributed by atoms with van der Waals surface area (Å²) < 4.78 is 37.6. The first-order chi connectivity index (χ1) is 10.3. The Bertz CT molecular complexity index is 643. The van der Waals surface area contributed by atoms with Crippen molar-refractivity contribution in [2.24, 2.45) is 0 Å². The Morgan fingerprint density at radius 1 is 1.36 bits per heavy atom. The Hall–Kier alpha value is -1.93. The number of aromatic nitrogens is 1. The van der Waals surface area contributed by atoms with Crippen LogP contribution in [0.3, 0.4) is 0 Å². The molecule has 0 bridgehead atoms. The van der Waals surface area contributed by atoms with E-state index in [2.05, 4.69) is 4.98 Å². The molecule has 1 atom stereocenters. The Kier molecular flexibility index (Phi) is 4.82. The highest BCUT2D eigenvalue weighted by atomic mass is 32.1. The largest absolute Gasteiger partial charge is 0.480 e. The van der Waals surface area contributed by atoms with Gasteiger partial charge in [0, 0.05) is 5.38 Å². The lowest BCUT2D eigenvalue weighted by Crippen LogP contribution is -2.30. The molecule has 0 amide bonds. The number of likely N-dealkylation sites (N-methyl/N-ethyl adjacent to an activating group) is 1. The second-order valence-corrected chi connectivity index (χ2v) is 5.63. The summed E-state index contributed by atoms with van der Waals surface area (Å²) in [5, 5.41) is 10.5. The lowest BCUT2D eigenvalue weighted by Gasteiger charge is -2.23. The number of aliphatic carboxylic acids is 1. The second-order valence-electron chi connectivity index (χ2n) is 4.69. The molecule has 0 radical (unpaired) electrons. The Labute approximate surface area is 128 Å². The minimum atomic E-state index is -4.49. The fourth-order valence-corrected chi connectivity index (χ4v) is 2.90. The minimum Gasteiger partial charge on any atom is -0.480 e. The van der Waals surface area contributed by atoms with E-state index in [9.17, 15) is 23.1 Å². The van der Waals surface area contributed by atoms with Crippen LogP contribution in [0.25, 0.3) is 0 Å². The van der Waals surface area contributed by atoms with Gasteiger partial charge in [-0.15, -0.1) is 11.3 Å². The van der Waals surface area contributed by atoms with Crippen molar-refractivity contribution in [1.82, 2.24) is 9.88 Å². The fraction of sp³-hybridized carbons (Fsp3) is 0.286. The molecule has 0 saturated carbocycles. The average Bonchev–Trinajstić information content (AvgIpc) is 2.88. The van der Waals surface area contributed by atoms with Gasteiger partial charge in [0.25, 0.3) is 0 Å². The van der Waals surface area contributed by atoms with Crippen LogP contribution in [0.5, 0.6) is 0 Å². The molecular formula is C14H13F3N2O2S. The van der Waals surface area contributed by atoms with Crippen LogP contribution in [-0.4, -0.2) is 28.0 Å². The lowest BCUT2D eigenvalue weighted by atomic mass is 10.1. The molecule has 118 valence electrons. The molecule has 0 spiro atoms. The minimum absolute atomic E-state index is 0.0204. The quantitative estimate of drug-likeness (QED) is 0.913. The summed E-state index contributed by atoms with van der Waals surface area (Å²) in [5.41, 5.74) is -0.391. The molecule has 8 heteroatoms. The van der Waals surface area contributed by atoms with Gasteiger partial charge >= 0.3 is 12.1 Å². The molecule has 0 saturated heterocycles. The van der Waals surface area contributed by atoms with Crippen molar-refractivity contribution in [3.05, 3.63) is 52.0 Å². The van der Waals surface area contributed by atoms with E-state index in [0.717, 1.165) is 16.7 Å². The first-order valence-electron chi connectivity index (χ1n) is 6.28. The monoisotopic (exact) mass is 330 g/mol. The second kappa shape index (κ2) is 6.45. The summed E-state index contributed by atoms with van der Waals surface area (Å²) in [5.74, 6) is -1.07. The van der Waals surface area contributed by atoms with Gasteiger partial charge in [0.05, 0.1) is 6.54 Å². The number of halogens is 3. The molecule has 1 N–H and O–H groups in total. The zero-order chi connectivity index (χ0) is 16.3. The Balaban J connectivity index is 2.17. The van der Waals surface area contributed by atoms with E-state index < -0.39 is 23.9 Å². The molecule has 0 fully saturated rings. The van der Waals surface area contributed by atoms with Crippen LogP contribution in [0.4, 0.5) is 13.2 Å². The number of benzene rings is 1. The summed E-state index contributed by atoms with van der Waals surface area (Å²) in [6.07, 6.45) is -4.49. The van der Waals surface area contributed by atoms with Gasteiger partial charge in [0.1, 0.15) is 11.0 Å². The third kappa shape index (κ3) is 3.83. The first kappa shape index (κ1) is 16.4.